The van der Waals surface area contributed by atoms with Gasteiger partial charge in [-0.3, -0.25) is 0 Å². The van der Waals surface area contributed by atoms with Gasteiger partial charge >= 0.3 is 0 Å². The van der Waals surface area contributed by atoms with Crippen LogP contribution in [-0.2, 0) is 6.42 Å². The number of benzene rings is 1. The van der Waals surface area contributed by atoms with Crippen LogP contribution in [0.2, 0.25) is 0 Å². The smallest absolute Gasteiger partial charge is 0.131 e. The molecular weight excluding hydrogens is 308 g/mol. The van der Waals surface area contributed by atoms with Crippen LogP contribution >= 0.6 is 27.3 Å². The van der Waals surface area contributed by atoms with Crippen molar-refractivity contribution >= 4 is 27.3 Å². The summed E-state index contributed by atoms with van der Waals surface area (Å²) in [5.74, 6) is 0. The predicted molar refractivity (Wildman–Crippen MR) is 80.6 cm³/mol. The third kappa shape index (κ3) is 3.18. The number of halogens is 1. The quantitative estimate of drug-likeness (QED) is 0.768. The van der Waals surface area contributed by atoms with E-state index in [4.69, 9.17) is 0 Å². The average Bonchev–Trinajstić information content (AvgIpc) is 2.81. The zero-order chi connectivity index (χ0) is 13.1. The zero-order valence-electron chi connectivity index (χ0n) is 10.9. The number of rotatable bonds is 4. The maximum Gasteiger partial charge on any atom is 0.131 e. The molecule has 1 aromatic carbocycles. The summed E-state index contributed by atoms with van der Waals surface area (Å²) in [6, 6.07) is 6.56. The van der Waals surface area contributed by atoms with Gasteiger partial charge in [0.15, 0.2) is 0 Å². The van der Waals surface area contributed by atoms with Gasteiger partial charge in [0, 0.05) is 6.42 Å². The van der Waals surface area contributed by atoms with Gasteiger partial charge in [0.05, 0.1) is 4.83 Å². The van der Waals surface area contributed by atoms with Crippen molar-refractivity contribution in [2.45, 2.75) is 38.4 Å². The molecule has 0 spiro atoms. The second-order valence-corrected chi connectivity index (χ2v) is 6.72. The fourth-order valence-electron chi connectivity index (χ4n) is 1.79. The molecule has 4 heteroatoms. The first-order chi connectivity index (χ1) is 8.60. The maximum absolute atomic E-state index is 4.29. The lowest BCUT2D eigenvalue weighted by molar-refractivity contribution is 0.861. The molecule has 18 heavy (non-hydrogen) atoms. The van der Waals surface area contributed by atoms with Gasteiger partial charge in [0.2, 0.25) is 0 Å². The molecule has 96 valence electrons. The first kappa shape index (κ1) is 13.7. The fraction of sp³-hybridized carbons (Fsp3) is 0.429. The Morgan fingerprint density at radius 3 is 2.78 bits per heavy atom. The number of aromatic nitrogens is 2. The summed E-state index contributed by atoms with van der Waals surface area (Å²) in [5, 5.41) is 10.7. The monoisotopic (exact) mass is 324 g/mol. The third-order valence-corrected chi connectivity index (χ3v) is 5.38. The van der Waals surface area contributed by atoms with E-state index in [-0.39, 0.29) is 0 Å². The molecule has 1 unspecified atom stereocenters. The van der Waals surface area contributed by atoms with E-state index in [1.165, 1.54) is 16.7 Å². The Hall–Kier alpha value is -0.740. The third-order valence-electron chi connectivity index (χ3n) is 2.96. The van der Waals surface area contributed by atoms with Crippen LogP contribution in [0.15, 0.2) is 18.2 Å². The standard InChI is InChI=1S/C14H17BrN2S/c1-4-12(15)14-17-16-13(18-14)8-11-7-9(2)5-6-10(11)3/h5-7,12H,4,8H2,1-3H3. The molecule has 0 aliphatic carbocycles. The molecule has 0 radical (unpaired) electrons. The Morgan fingerprint density at radius 1 is 1.28 bits per heavy atom. The number of nitrogens with zero attached hydrogens (tertiary/aromatic N) is 2. The molecule has 1 atom stereocenters. The van der Waals surface area contributed by atoms with Gasteiger partial charge in [-0.1, -0.05) is 58.0 Å². The van der Waals surface area contributed by atoms with Gasteiger partial charge in [-0.05, 0) is 31.4 Å². The second kappa shape index (κ2) is 5.93. The van der Waals surface area contributed by atoms with Crippen molar-refractivity contribution in [3.63, 3.8) is 0 Å². The van der Waals surface area contributed by atoms with Crippen LogP contribution in [-0.4, -0.2) is 10.2 Å². The topological polar surface area (TPSA) is 25.8 Å². The Kier molecular flexibility index (Phi) is 4.51. The van der Waals surface area contributed by atoms with E-state index < -0.39 is 0 Å². The van der Waals surface area contributed by atoms with Crippen molar-refractivity contribution in [1.29, 1.82) is 0 Å². The summed E-state index contributed by atoms with van der Waals surface area (Å²) >= 11 is 5.32. The first-order valence-corrected chi connectivity index (χ1v) is 7.86. The Labute approximate surface area is 121 Å². The van der Waals surface area contributed by atoms with E-state index >= 15 is 0 Å². The number of alkyl halides is 1. The summed E-state index contributed by atoms with van der Waals surface area (Å²) in [6.07, 6.45) is 1.92. The molecule has 0 aliphatic rings. The largest absolute Gasteiger partial charge is 0.143 e. The van der Waals surface area contributed by atoms with E-state index in [1.807, 2.05) is 0 Å². The lowest BCUT2D eigenvalue weighted by Gasteiger charge is -2.04. The summed E-state index contributed by atoms with van der Waals surface area (Å²) < 4.78 is 0. The molecule has 2 rings (SSSR count). The normalized spacial score (nSPS) is 12.7. The van der Waals surface area contributed by atoms with E-state index in [0.29, 0.717) is 4.83 Å². The highest BCUT2D eigenvalue weighted by Gasteiger charge is 2.12. The summed E-state index contributed by atoms with van der Waals surface area (Å²) in [5.41, 5.74) is 3.97. The van der Waals surface area contributed by atoms with E-state index in [0.717, 1.165) is 22.9 Å². The van der Waals surface area contributed by atoms with Crippen molar-refractivity contribution in [3.05, 3.63) is 44.9 Å². The molecule has 1 heterocycles. The van der Waals surface area contributed by atoms with Gasteiger partial charge in [0.1, 0.15) is 10.0 Å². The maximum atomic E-state index is 4.29. The SMILES string of the molecule is CCC(Br)c1nnc(Cc2cc(C)ccc2C)s1. The summed E-state index contributed by atoms with van der Waals surface area (Å²) in [6.45, 7) is 6.42. The van der Waals surface area contributed by atoms with Gasteiger partial charge in [-0.25, -0.2) is 0 Å². The zero-order valence-corrected chi connectivity index (χ0v) is 13.3. The van der Waals surface area contributed by atoms with Gasteiger partial charge in [0.25, 0.3) is 0 Å². The van der Waals surface area contributed by atoms with Crippen molar-refractivity contribution in [3.8, 4) is 0 Å². The van der Waals surface area contributed by atoms with Crippen molar-refractivity contribution < 1.29 is 0 Å². The minimum absolute atomic E-state index is 0.336. The lowest BCUT2D eigenvalue weighted by Crippen LogP contribution is -1.92. The Morgan fingerprint density at radius 2 is 2.06 bits per heavy atom. The summed E-state index contributed by atoms with van der Waals surface area (Å²) in [4.78, 5) is 0.336. The predicted octanol–water partition coefficient (Wildman–Crippen LogP) is 4.59. The number of aryl methyl sites for hydroxylation is 2. The highest BCUT2D eigenvalue weighted by atomic mass is 79.9. The highest BCUT2D eigenvalue weighted by Crippen LogP contribution is 2.29. The van der Waals surface area contributed by atoms with Crippen molar-refractivity contribution in [2.24, 2.45) is 0 Å². The number of hydrogen-bond donors (Lipinski definition) is 0. The van der Waals surface area contributed by atoms with E-state index in [2.05, 4.69) is 65.1 Å². The van der Waals surface area contributed by atoms with Crippen LogP contribution in [0.4, 0.5) is 0 Å². The fourth-order valence-corrected chi connectivity index (χ4v) is 3.09. The Balaban J connectivity index is 2.18. The van der Waals surface area contributed by atoms with Crippen LogP contribution < -0.4 is 0 Å². The van der Waals surface area contributed by atoms with Crippen LogP contribution in [0.3, 0.4) is 0 Å². The van der Waals surface area contributed by atoms with Gasteiger partial charge in [-0.2, -0.15) is 0 Å². The molecule has 1 aromatic heterocycles. The molecule has 0 fully saturated rings. The molecule has 0 bridgehead atoms. The molecule has 0 aliphatic heterocycles. The van der Waals surface area contributed by atoms with Crippen molar-refractivity contribution in [2.75, 3.05) is 0 Å². The van der Waals surface area contributed by atoms with Crippen LogP contribution in [0.1, 0.15) is 44.9 Å². The molecular formula is C14H17BrN2S. The molecule has 0 amide bonds. The van der Waals surface area contributed by atoms with Gasteiger partial charge in [-0.15, -0.1) is 10.2 Å². The minimum atomic E-state index is 0.336. The highest BCUT2D eigenvalue weighted by molar-refractivity contribution is 9.09. The van der Waals surface area contributed by atoms with Crippen LogP contribution in [0, 0.1) is 13.8 Å². The summed E-state index contributed by atoms with van der Waals surface area (Å²) in [7, 11) is 0. The minimum Gasteiger partial charge on any atom is -0.143 e. The molecule has 0 saturated carbocycles. The number of hydrogen-bond acceptors (Lipinski definition) is 3. The van der Waals surface area contributed by atoms with Gasteiger partial charge < -0.3 is 0 Å². The van der Waals surface area contributed by atoms with E-state index in [1.54, 1.807) is 11.3 Å². The second-order valence-electron chi connectivity index (χ2n) is 4.52. The molecule has 0 saturated heterocycles. The first-order valence-electron chi connectivity index (χ1n) is 6.12. The molecule has 0 N–H and O–H groups in total. The Bertz CT molecular complexity index is 536. The molecule has 2 aromatic rings. The lowest BCUT2D eigenvalue weighted by atomic mass is 10.0. The molecule has 2 nitrogen and oxygen atoms in total. The average molecular weight is 325 g/mol. The van der Waals surface area contributed by atoms with Crippen LogP contribution in [0.5, 0.6) is 0 Å². The van der Waals surface area contributed by atoms with Crippen molar-refractivity contribution in [1.82, 2.24) is 10.2 Å². The van der Waals surface area contributed by atoms with Crippen LogP contribution in [0.25, 0.3) is 0 Å². The van der Waals surface area contributed by atoms with E-state index in [9.17, 15) is 0 Å².